The smallest absolute Gasteiger partial charge is 0.337 e. The summed E-state index contributed by atoms with van der Waals surface area (Å²) in [5, 5.41) is 12.6. The van der Waals surface area contributed by atoms with Crippen molar-refractivity contribution in [2.45, 2.75) is 44.7 Å². The summed E-state index contributed by atoms with van der Waals surface area (Å²) in [5.41, 5.74) is 1.95. The number of carbonyl (C=O) groups excluding carboxylic acids is 1. The van der Waals surface area contributed by atoms with Crippen molar-refractivity contribution in [3.8, 4) is 11.5 Å². The van der Waals surface area contributed by atoms with Crippen LogP contribution in [0.3, 0.4) is 0 Å². The summed E-state index contributed by atoms with van der Waals surface area (Å²) in [7, 11) is 0. The maximum absolute atomic E-state index is 12.7. The summed E-state index contributed by atoms with van der Waals surface area (Å²) in [6.45, 7) is 1.99. The molecular weight excluding hydrogens is 438 g/mol. The molecule has 0 aromatic carbocycles. The first kappa shape index (κ1) is 21.3. The number of carboxylic acids is 1. The maximum Gasteiger partial charge on any atom is 0.337 e. The fourth-order valence-electron chi connectivity index (χ4n) is 4.46. The molecule has 0 radical (unpaired) electrons. The number of fused-ring (bicyclic) bond motifs is 1. The Morgan fingerprint density at radius 3 is 2.79 bits per heavy atom. The molecule has 1 aliphatic carbocycles. The van der Waals surface area contributed by atoms with Crippen molar-refractivity contribution in [3.05, 3.63) is 64.1 Å². The molecular formula is C24H23N5O3S. The lowest BCUT2D eigenvalue weighted by Gasteiger charge is -2.31. The fourth-order valence-corrected chi connectivity index (χ4v) is 5.23. The van der Waals surface area contributed by atoms with Crippen molar-refractivity contribution in [2.24, 2.45) is 0 Å². The number of amides is 1. The van der Waals surface area contributed by atoms with Gasteiger partial charge < -0.3 is 15.0 Å². The predicted molar refractivity (Wildman–Crippen MR) is 126 cm³/mol. The van der Waals surface area contributed by atoms with Crippen LogP contribution < -0.4 is 5.32 Å². The van der Waals surface area contributed by atoms with Crippen LogP contribution in [0.5, 0.6) is 0 Å². The number of hydrogen-bond donors (Lipinski definition) is 2. The van der Waals surface area contributed by atoms with E-state index in [1.54, 1.807) is 12.3 Å². The lowest BCUT2D eigenvalue weighted by atomic mass is 9.90. The van der Waals surface area contributed by atoms with E-state index in [0.717, 1.165) is 35.4 Å². The van der Waals surface area contributed by atoms with E-state index in [2.05, 4.69) is 19.9 Å². The summed E-state index contributed by atoms with van der Waals surface area (Å²) in [4.78, 5) is 39.7. The number of carboxylic acid groups (broad SMARTS) is 1. The zero-order valence-corrected chi connectivity index (χ0v) is 18.9. The zero-order chi connectivity index (χ0) is 22.9. The Kier molecular flexibility index (Phi) is 5.63. The second-order valence-corrected chi connectivity index (χ2v) is 9.58. The van der Waals surface area contributed by atoms with Crippen LogP contribution in [0.1, 0.15) is 56.6 Å². The van der Waals surface area contributed by atoms with Gasteiger partial charge in [-0.2, -0.15) is 0 Å². The Morgan fingerprint density at radius 2 is 2.06 bits per heavy atom. The highest BCUT2D eigenvalue weighted by Gasteiger charge is 2.29. The monoisotopic (exact) mass is 461 g/mol. The predicted octanol–water partition coefficient (Wildman–Crippen LogP) is 4.48. The summed E-state index contributed by atoms with van der Waals surface area (Å²) in [6, 6.07) is 11.1. The van der Waals surface area contributed by atoms with Gasteiger partial charge in [-0.25, -0.2) is 14.8 Å². The molecule has 168 valence electrons. The van der Waals surface area contributed by atoms with E-state index in [1.165, 1.54) is 17.5 Å². The normalized spacial score (nSPS) is 18.3. The Balaban J connectivity index is 1.49. The molecule has 4 heterocycles. The Bertz CT molecular complexity index is 1330. The third-order valence-corrected chi connectivity index (χ3v) is 6.98. The van der Waals surface area contributed by atoms with Gasteiger partial charge in [0.1, 0.15) is 11.2 Å². The van der Waals surface area contributed by atoms with Gasteiger partial charge in [0.2, 0.25) is 0 Å². The van der Waals surface area contributed by atoms with Crippen LogP contribution in [0, 0.1) is 6.92 Å². The minimum absolute atomic E-state index is 0.0333. The molecule has 1 amide bonds. The molecule has 2 atom stereocenters. The number of pyridine rings is 2. The van der Waals surface area contributed by atoms with E-state index in [9.17, 15) is 14.7 Å². The van der Waals surface area contributed by atoms with Crippen LogP contribution in [-0.4, -0.2) is 42.5 Å². The van der Waals surface area contributed by atoms with Crippen molar-refractivity contribution in [2.75, 3.05) is 0 Å². The third kappa shape index (κ3) is 4.23. The minimum Gasteiger partial charge on any atom is -0.478 e. The molecule has 1 aliphatic rings. The quantitative estimate of drug-likeness (QED) is 0.454. The Labute approximate surface area is 194 Å². The average molecular weight is 462 g/mol. The van der Waals surface area contributed by atoms with E-state index >= 15 is 0 Å². The summed E-state index contributed by atoms with van der Waals surface area (Å²) in [6.07, 6.45) is 6.60. The number of aromatic nitrogens is 4. The molecule has 1 fully saturated rings. The second-order valence-electron chi connectivity index (χ2n) is 8.29. The molecule has 1 saturated carbocycles. The molecule has 4 aromatic heterocycles. The van der Waals surface area contributed by atoms with Crippen molar-refractivity contribution < 1.29 is 14.7 Å². The number of aromatic carboxylic acids is 1. The van der Waals surface area contributed by atoms with E-state index in [1.807, 2.05) is 37.3 Å². The van der Waals surface area contributed by atoms with Crippen LogP contribution in [0.2, 0.25) is 0 Å². The maximum atomic E-state index is 12.7. The van der Waals surface area contributed by atoms with E-state index in [-0.39, 0.29) is 23.6 Å². The first-order valence-corrected chi connectivity index (χ1v) is 11.7. The van der Waals surface area contributed by atoms with Crippen LogP contribution in [0.15, 0.2) is 48.8 Å². The molecule has 9 heteroatoms. The molecule has 0 bridgehead atoms. The lowest BCUT2D eigenvalue weighted by molar-refractivity contribution is 0.0696. The molecule has 0 aliphatic heterocycles. The van der Waals surface area contributed by atoms with Gasteiger partial charge in [-0.1, -0.05) is 6.07 Å². The van der Waals surface area contributed by atoms with Gasteiger partial charge in [-0.3, -0.25) is 9.78 Å². The second kappa shape index (κ2) is 8.74. The topological polar surface area (TPSA) is 110 Å². The van der Waals surface area contributed by atoms with Crippen LogP contribution >= 0.6 is 11.3 Å². The number of hydrogen-bond acceptors (Lipinski definition) is 6. The van der Waals surface area contributed by atoms with Crippen molar-refractivity contribution >= 4 is 34.4 Å². The largest absolute Gasteiger partial charge is 0.478 e. The number of carbonyl (C=O) groups is 2. The van der Waals surface area contributed by atoms with E-state index < -0.39 is 5.97 Å². The van der Waals surface area contributed by atoms with Crippen molar-refractivity contribution in [1.82, 2.24) is 24.8 Å². The van der Waals surface area contributed by atoms with E-state index in [0.29, 0.717) is 22.7 Å². The van der Waals surface area contributed by atoms with Gasteiger partial charge in [-0.05, 0) is 62.9 Å². The van der Waals surface area contributed by atoms with Gasteiger partial charge >= 0.3 is 5.97 Å². The van der Waals surface area contributed by atoms with Crippen LogP contribution in [-0.2, 0) is 0 Å². The number of nitrogens with zero attached hydrogens (tertiary/aromatic N) is 4. The number of nitrogens with one attached hydrogen (secondary N) is 1. The SMILES string of the molecule is Cc1ccc(C(=O)N[C@H]2CCC[C@@H](n3c(-c4ccccn4)nc4cc(C(=O)O)cnc43)C2)s1. The van der Waals surface area contributed by atoms with Crippen LogP contribution in [0.25, 0.3) is 22.7 Å². The summed E-state index contributed by atoms with van der Waals surface area (Å²) in [5.74, 6) is -0.419. The van der Waals surface area contributed by atoms with Crippen LogP contribution in [0.4, 0.5) is 0 Å². The number of rotatable bonds is 5. The lowest BCUT2D eigenvalue weighted by Crippen LogP contribution is -2.38. The highest BCUT2D eigenvalue weighted by molar-refractivity contribution is 7.13. The Hall–Kier alpha value is -3.59. The average Bonchev–Trinajstić information content (AvgIpc) is 3.43. The third-order valence-electron chi connectivity index (χ3n) is 5.98. The summed E-state index contributed by atoms with van der Waals surface area (Å²) >= 11 is 1.49. The molecule has 4 aromatic rings. The van der Waals surface area contributed by atoms with Gasteiger partial charge in [0.05, 0.1) is 10.4 Å². The van der Waals surface area contributed by atoms with Gasteiger partial charge in [0, 0.05) is 29.4 Å². The van der Waals surface area contributed by atoms with Gasteiger partial charge in [0.25, 0.3) is 5.91 Å². The van der Waals surface area contributed by atoms with Gasteiger partial charge in [-0.15, -0.1) is 11.3 Å². The first-order chi connectivity index (χ1) is 16.0. The highest BCUT2D eigenvalue weighted by atomic mass is 32.1. The van der Waals surface area contributed by atoms with E-state index in [4.69, 9.17) is 4.98 Å². The zero-order valence-electron chi connectivity index (χ0n) is 18.1. The van der Waals surface area contributed by atoms with Crippen molar-refractivity contribution in [1.29, 1.82) is 0 Å². The molecule has 0 unspecified atom stereocenters. The van der Waals surface area contributed by atoms with Crippen molar-refractivity contribution in [3.63, 3.8) is 0 Å². The Morgan fingerprint density at radius 1 is 1.18 bits per heavy atom. The number of imidazole rings is 1. The number of thiophene rings is 1. The molecule has 33 heavy (non-hydrogen) atoms. The molecule has 0 saturated heterocycles. The molecule has 5 rings (SSSR count). The number of aryl methyl sites for hydroxylation is 1. The molecule has 0 spiro atoms. The minimum atomic E-state index is -1.04. The highest BCUT2D eigenvalue weighted by Crippen LogP contribution is 2.35. The summed E-state index contributed by atoms with van der Waals surface area (Å²) < 4.78 is 2.07. The first-order valence-electron chi connectivity index (χ1n) is 10.9. The molecule has 2 N–H and O–H groups in total. The standard InChI is InChI=1S/C24H23N5O3S/c1-14-8-9-20(33-14)23(30)27-16-5-4-6-17(12-16)29-21-19(11-15(13-26-21)24(31)32)28-22(29)18-7-2-3-10-25-18/h2-3,7-11,13,16-17H,4-6,12H2,1H3,(H,27,30)(H,31,32)/t16-,17+/m0/s1. The van der Waals surface area contributed by atoms with Gasteiger partial charge in [0.15, 0.2) is 11.5 Å². The molecule has 8 nitrogen and oxygen atoms in total. The fraction of sp³-hybridized carbons (Fsp3) is 0.292.